The van der Waals surface area contributed by atoms with Crippen molar-refractivity contribution in [3.05, 3.63) is 212 Å². The molecule has 5 nitrogen and oxygen atoms in total. The lowest BCUT2D eigenvalue weighted by molar-refractivity contribution is 1.08. The third-order valence-electron chi connectivity index (χ3n) is 12.5. The van der Waals surface area contributed by atoms with Gasteiger partial charge in [-0.25, -0.2) is 15.0 Å². The van der Waals surface area contributed by atoms with E-state index in [-0.39, 0.29) is 0 Å². The summed E-state index contributed by atoms with van der Waals surface area (Å²) in [6.45, 7) is 0. The third kappa shape index (κ3) is 5.25. The fourth-order valence-electron chi connectivity index (χ4n) is 9.70. The molecule has 0 fully saturated rings. The molecule has 10 aromatic carbocycles. The second-order valence-corrected chi connectivity index (χ2v) is 16.0. The van der Waals surface area contributed by atoms with Crippen molar-refractivity contribution in [2.24, 2.45) is 0 Å². The Morgan fingerprint density at radius 2 is 0.855 bits per heavy atom. The standard InChI is InChI=1S/C57H35N5/c1-3-17-38(18-4-1)55-58-56(39-19-5-2-6-20-39)60-57(59-55)47-26-13-22-40-33-41(30-32-42(40)47)61-51-27-12-11-25-45(51)48-34-49-46-31-29-37-16-8-10-24-44(37)54(46)62(53(49)35-52(48)61)50-28-14-21-36-15-7-9-23-43(36)50/h1-35H. The zero-order chi connectivity index (χ0) is 40.7. The summed E-state index contributed by atoms with van der Waals surface area (Å²) < 4.78 is 4.94. The summed E-state index contributed by atoms with van der Waals surface area (Å²) in [6.07, 6.45) is 0. The van der Waals surface area contributed by atoms with Gasteiger partial charge in [0.15, 0.2) is 17.5 Å². The van der Waals surface area contributed by atoms with Gasteiger partial charge in [-0.3, -0.25) is 0 Å². The number of fused-ring (bicyclic) bond motifs is 10. The highest BCUT2D eigenvalue weighted by atomic mass is 15.0. The van der Waals surface area contributed by atoms with Gasteiger partial charge in [-0.1, -0.05) is 176 Å². The molecule has 0 unspecified atom stereocenters. The van der Waals surface area contributed by atoms with Crippen molar-refractivity contribution in [1.82, 2.24) is 24.1 Å². The molecule has 0 atom stereocenters. The topological polar surface area (TPSA) is 48.5 Å². The van der Waals surface area contributed by atoms with Crippen LogP contribution in [0.15, 0.2) is 212 Å². The van der Waals surface area contributed by atoms with Crippen LogP contribution < -0.4 is 0 Å². The lowest BCUT2D eigenvalue weighted by atomic mass is 10.0. The number of aromatic nitrogens is 5. The SMILES string of the molecule is c1ccc(-c2nc(-c3ccccc3)nc(-c3cccc4cc(-n5c6ccccc6c6cc7c8ccc9ccccc9c8n(-c8cccc9ccccc89)c7cc65)ccc34)n2)cc1. The van der Waals surface area contributed by atoms with Crippen molar-refractivity contribution in [2.75, 3.05) is 0 Å². The molecule has 3 heterocycles. The van der Waals surface area contributed by atoms with Gasteiger partial charge in [0.2, 0.25) is 0 Å². The molecule has 0 radical (unpaired) electrons. The van der Waals surface area contributed by atoms with E-state index < -0.39 is 0 Å². The average Bonchev–Trinajstić information content (AvgIpc) is 3.85. The first-order valence-electron chi connectivity index (χ1n) is 21.0. The smallest absolute Gasteiger partial charge is 0.164 e. The maximum absolute atomic E-state index is 5.09. The van der Waals surface area contributed by atoms with E-state index in [0.29, 0.717) is 17.5 Å². The van der Waals surface area contributed by atoms with E-state index in [2.05, 4.69) is 161 Å². The Balaban J connectivity index is 1.06. The predicted molar refractivity (Wildman–Crippen MR) is 257 cm³/mol. The molecule has 288 valence electrons. The third-order valence-corrected chi connectivity index (χ3v) is 12.5. The largest absolute Gasteiger partial charge is 0.309 e. The second kappa shape index (κ2) is 13.6. The lowest BCUT2D eigenvalue weighted by Crippen LogP contribution is -2.00. The maximum atomic E-state index is 5.09. The molecule has 0 saturated carbocycles. The Morgan fingerprint density at radius 3 is 1.63 bits per heavy atom. The molecular formula is C57H35N5. The van der Waals surface area contributed by atoms with Crippen molar-refractivity contribution in [1.29, 1.82) is 0 Å². The number of hydrogen-bond acceptors (Lipinski definition) is 3. The molecule has 13 rings (SSSR count). The average molecular weight is 790 g/mol. The van der Waals surface area contributed by atoms with E-state index in [1.165, 1.54) is 59.8 Å². The zero-order valence-corrected chi connectivity index (χ0v) is 33.4. The van der Waals surface area contributed by atoms with Crippen LogP contribution >= 0.6 is 0 Å². The number of hydrogen-bond donors (Lipinski definition) is 0. The van der Waals surface area contributed by atoms with Crippen molar-refractivity contribution < 1.29 is 0 Å². The highest BCUT2D eigenvalue weighted by molar-refractivity contribution is 6.24. The Hall–Kier alpha value is -8.41. The molecule has 0 aliphatic carbocycles. The Morgan fingerprint density at radius 1 is 0.290 bits per heavy atom. The van der Waals surface area contributed by atoms with Crippen LogP contribution in [0.3, 0.4) is 0 Å². The van der Waals surface area contributed by atoms with Crippen LogP contribution in [0, 0.1) is 0 Å². The van der Waals surface area contributed by atoms with E-state index in [1.807, 2.05) is 60.7 Å². The maximum Gasteiger partial charge on any atom is 0.164 e. The first-order chi connectivity index (χ1) is 30.7. The second-order valence-electron chi connectivity index (χ2n) is 16.0. The Labute approximate surface area is 356 Å². The van der Waals surface area contributed by atoms with Crippen molar-refractivity contribution in [2.45, 2.75) is 0 Å². The molecular weight excluding hydrogens is 755 g/mol. The van der Waals surface area contributed by atoms with Crippen molar-refractivity contribution in [3.63, 3.8) is 0 Å². The van der Waals surface area contributed by atoms with Gasteiger partial charge in [0, 0.05) is 54.7 Å². The summed E-state index contributed by atoms with van der Waals surface area (Å²) in [6, 6.07) is 75.8. The highest BCUT2D eigenvalue weighted by Crippen LogP contribution is 2.43. The van der Waals surface area contributed by atoms with Crippen LogP contribution in [0.25, 0.3) is 121 Å². The van der Waals surface area contributed by atoms with Gasteiger partial charge in [-0.05, 0) is 57.9 Å². The predicted octanol–water partition coefficient (Wildman–Crippen LogP) is 14.5. The molecule has 0 spiro atoms. The van der Waals surface area contributed by atoms with Gasteiger partial charge in [0.05, 0.1) is 27.8 Å². The van der Waals surface area contributed by atoms with Gasteiger partial charge in [-0.15, -0.1) is 0 Å². The minimum absolute atomic E-state index is 0.643. The monoisotopic (exact) mass is 789 g/mol. The van der Waals surface area contributed by atoms with E-state index in [9.17, 15) is 0 Å². The highest BCUT2D eigenvalue weighted by Gasteiger charge is 2.21. The van der Waals surface area contributed by atoms with Gasteiger partial charge in [0.1, 0.15) is 0 Å². The molecule has 13 aromatic rings. The minimum Gasteiger partial charge on any atom is -0.309 e. The summed E-state index contributed by atoms with van der Waals surface area (Å²) in [5, 5.41) is 12.0. The van der Waals surface area contributed by atoms with Crippen LogP contribution in [0.2, 0.25) is 0 Å². The van der Waals surface area contributed by atoms with Gasteiger partial charge >= 0.3 is 0 Å². The van der Waals surface area contributed by atoms with E-state index in [4.69, 9.17) is 15.0 Å². The van der Waals surface area contributed by atoms with Gasteiger partial charge < -0.3 is 9.13 Å². The molecule has 0 aliphatic rings. The summed E-state index contributed by atoms with van der Waals surface area (Å²) in [7, 11) is 0. The van der Waals surface area contributed by atoms with Gasteiger partial charge in [-0.2, -0.15) is 0 Å². The fraction of sp³-hybridized carbons (Fsp3) is 0. The molecule has 62 heavy (non-hydrogen) atoms. The quantitative estimate of drug-likeness (QED) is 0.174. The van der Waals surface area contributed by atoms with Crippen molar-refractivity contribution in [3.8, 4) is 45.5 Å². The zero-order valence-electron chi connectivity index (χ0n) is 33.4. The molecule has 0 amide bonds. The van der Waals surface area contributed by atoms with Crippen molar-refractivity contribution >= 4 is 75.9 Å². The van der Waals surface area contributed by atoms with Crippen LogP contribution in [-0.2, 0) is 0 Å². The number of nitrogens with zero attached hydrogens (tertiary/aromatic N) is 5. The first kappa shape index (κ1) is 34.5. The Kier molecular flexibility index (Phi) is 7.54. The lowest BCUT2D eigenvalue weighted by Gasteiger charge is -2.14. The molecule has 0 N–H and O–H groups in total. The first-order valence-corrected chi connectivity index (χ1v) is 21.0. The summed E-state index contributed by atoms with van der Waals surface area (Å²) in [5.41, 5.74) is 9.82. The molecule has 0 bridgehead atoms. The normalized spacial score (nSPS) is 11.9. The van der Waals surface area contributed by atoms with Crippen LogP contribution in [0.1, 0.15) is 0 Å². The molecule has 0 saturated heterocycles. The van der Waals surface area contributed by atoms with Crippen LogP contribution in [0.4, 0.5) is 0 Å². The van der Waals surface area contributed by atoms with E-state index in [0.717, 1.165) is 44.2 Å². The molecule has 5 heteroatoms. The number of rotatable bonds is 5. The van der Waals surface area contributed by atoms with Gasteiger partial charge in [0.25, 0.3) is 0 Å². The fourth-order valence-corrected chi connectivity index (χ4v) is 9.70. The van der Waals surface area contributed by atoms with E-state index in [1.54, 1.807) is 0 Å². The Bertz CT molecular complexity index is 3860. The summed E-state index contributed by atoms with van der Waals surface area (Å²) in [4.78, 5) is 15.1. The number of para-hydroxylation sites is 1. The molecule has 3 aromatic heterocycles. The summed E-state index contributed by atoms with van der Waals surface area (Å²) >= 11 is 0. The number of benzene rings is 10. The van der Waals surface area contributed by atoms with Crippen LogP contribution in [0.5, 0.6) is 0 Å². The minimum atomic E-state index is 0.643. The molecule has 0 aliphatic heterocycles. The van der Waals surface area contributed by atoms with E-state index >= 15 is 0 Å². The van der Waals surface area contributed by atoms with Crippen LogP contribution in [-0.4, -0.2) is 24.1 Å². The summed E-state index contributed by atoms with van der Waals surface area (Å²) in [5.74, 6) is 1.94.